The molecule has 1 aromatic carbocycles. The summed E-state index contributed by atoms with van der Waals surface area (Å²) in [4.78, 5) is 0. The van der Waals surface area contributed by atoms with Crippen molar-refractivity contribution >= 4 is 0 Å². The maximum Gasteiger partial charge on any atom is 0.194 e. The number of aliphatic hydroxyl groups is 1. The SMILES string of the molecule is CC(N)C(O)c1ccc(O)c(O)c1F. The van der Waals surface area contributed by atoms with Gasteiger partial charge in [-0.3, -0.25) is 0 Å². The maximum absolute atomic E-state index is 13.2. The van der Waals surface area contributed by atoms with Crippen molar-refractivity contribution in [3.8, 4) is 11.5 Å². The molecular weight excluding hydrogens is 189 g/mol. The van der Waals surface area contributed by atoms with Crippen molar-refractivity contribution in [3.05, 3.63) is 23.5 Å². The average Bonchev–Trinajstić information content (AvgIpc) is 2.13. The number of aromatic hydroxyl groups is 2. The largest absolute Gasteiger partial charge is 0.504 e. The highest BCUT2D eigenvalue weighted by Gasteiger charge is 2.20. The molecule has 0 heterocycles. The van der Waals surface area contributed by atoms with Gasteiger partial charge in [-0.2, -0.15) is 0 Å². The van der Waals surface area contributed by atoms with E-state index in [1.165, 1.54) is 13.0 Å². The van der Waals surface area contributed by atoms with Crippen molar-refractivity contribution in [1.82, 2.24) is 0 Å². The van der Waals surface area contributed by atoms with Crippen LogP contribution in [0.25, 0.3) is 0 Å². The molecule has 0 amide bonds. The van der Waals surface area contributed by atoms with Crippen molar-refractivity contribution < 1.29 is 19.7 Å². The van der Waals surface area contributed by atoms with Crippen LogP contribution in [0.5, 0.6) is 11.5 Å². The van der Waals surface area contributed by atoms with Gasteiger partial charge in [0.25, 0.3) is 0 Å². The van der Waals surface area contributed by atoms with E-state index in [0.29, 0.717) is 0 Å². The van der Waals surface area contributed by atoms with Gasteiger partial charge < -0.3 is 21.1 Å². The van der Waals surface area contributed by atoms with E-state index in [0.717, 1.165) is 6.07 Å². The van der Waals surface area contributed by atoms with Crippen molar-refractivity contribution in [2.24, 2.45) is 5.73 Å². The molecule has 0 saturated heterocycles. The van der Waals surface area contributed by atoms with Gasteiger partial charge in [0.1, 0.15) is 0 Å². The van der Waals surface area contributed by atoms with E-state index in [-0.39, 0.29) is 5.56 Å². The third kappa shape index (κ3) is 1.78. The minimum absolute atomic E-state index is 0.129. The Morgan fingerprint density at radius 2 is 1.93 bits per heavy atom. The molecule has 5 heteroatoms. The van der Waals surface area contributed by atoms with E-state index in [4.69, 9.17) is 15.9 Å². The molecular formula is C9H12FNO3. The Kier molecular flexibility index (Phi) is 2.93. The van der Waals surface area contributed by atoms with Crippen LogP contribution in [0.3, 0.4) is 0 Å². The fraction of sp³-hybridized carbons (Fsp3) is 0.333. The van der Waals surface area contributed by atoms with Crippen molar-refractivity contribution in [3.63, 3.8) is 0 Å². The van der Waals surface area contributed by atoms with Crippen LogP contribution in [0.15, 0.2) is 12.1 Å². The summed E-state index contributed by atoms with van der Waals surface area (Å²) in [6.45, 7) is 1.51. The Balaban J connectivity index is 3.17. The highest BCUT2D eigenvalue weighted by atomic mass is 19.1. The molecule has 2 atom stereocenters. The van der Waals surface area contributed by atoms with Gasteiger partial charge in [-0.15, -0.1) is 0 Å². The van der Waals surface area contributed by atoms with E-state index in [2.05, 4.69) is 0 Å². The summed E-state index contributed by atoms with van der Waals surface area (Å²) in [5.74, 6) is -2.49. The lowest BCUT2D eigenvalue weighted by molar-refractivity contribution is 0.148. The molecule has 0 radical (unpaired) electrons. The van der Waals surface area contributed by atoms with Crippen molar-refractivity contribution in [2.75, 3.05) is 0 Å². The molecule has 0 aromatic heterocycles. The summed E-state index contributed by atoms with van der Waals surface area (Å²) < 4.78 is 13.2. The number of aliphatic hydroxyl groups excluding tert-OH is 1. The number of nitrogens with two attached hydrogens (primary N) is 1. The monoisotopic (exact) mass is 201 g/mol. The zero-order valence-corrected chi connectivity index (χ0v) is 7.61. The lowest BCUT2D eigenvalue weighted by Crippen LogP contribution is -2.25. The second-order valence-electron chi connectivity index (χ2n) is 3.14. The molecule has 4 nitrogen and oxygen atoms in total. The Morgan fingerprint density at radius 3 is 2.43 bits per heavy atom. The predicted molar refractivity (Wildman–Crippen MR) is 48.3 cm³/mol. The molecule has 1 rings (SSSR count). The van der Waals surface area contributed by atoms with Gasteiger partial charge in [0.15, 0.2) is 17.3 Å². The smallest absolute Gasteiger partial charge is 0.194 e. The number of halogens is 1. The third-order valence-electron chi connectivity index (χ3n) is 1.94. The average molecular weight is 201 g/mol. The normalized spacial score (nSPS) is 15.1. The molecule has 0 aliphatic carbocycles. The highest BCUT2D eigenvalue weighted by Crippen LogP contribution is 2.32. The van der Waals surface area contributed by atoms with E-state index in [1.54, 1.807) is 0 Å². The number of benzene rings is 1. The van der Waals surface area contributed by atoms with Gasteiger partial charge in [-0.05, 0) is 19.1 Å². The van der Waals surface area contributed by atoms with Crippen LogP contribution in [-0.4, -0.2) is 21.4 Å². The topological polar surface area (TPSA) is 86.7 Å². The molecule has 2 unspecified atom stereocenters. The summed E-state index contributed by atoms with van der Waals surface area (Å²) in [5, 5.41) is 27.4. The van der Waals surface area contributed by atoms with E-state index < -0.39 is 29.5 Å². The zero-order chi connectivity index (χ0) is 10.9. The molecule has 0 fully saturated rings. The second kappa shape index (κ2) is 3.81. The molecule has 78 valence electrons. The van der Waals surface area contributed by atoms with E-state index >= 15 is 0 Å². The van der Waals surface area contributed by atoms with Crippen LogP contribution >= 0.6 is 0 Å². The Hall–Kier alpha value is -1.33. The van der Waals surface area contributed by atoms with Crippen molar-refractivity contribution in [2.45, 2.75) is 19.1 Å². The zero-order valence-electron chi connectivity index (χ0n) is 7.61. The second-order valence-corrected chi connectivity index (χ2v) is 3.14. The summed E-state index contributed by atoms with van der Waals surface area (Å²) >= 11 is 0. The van der Waals surface area contributed by atoms with Gasteiger partial charge >= 0.3 is 0 Å². The first kappa shape index (κ1) is 10.7. The van der Waals surface area contributed by atoms with Gasteiger partial charge in [-0.25, -0.2) is 4.39 Å². The number of rotatable bonds is 2. The summed E-state index contributed by atoms with van der Waals surface area (Å²) in [6, 6.07) is 1.62. The highest BCUT2D eigenvalue weighted by molar-refractivity contribution is 5.43. The Labute approximate surface area is 80.4 Å². The maximum atomic E-state index is 13.2. The molecule has 0 spiro atoms. The lowest BCUT2D eigenvalue weighted by Gasteiger charge is -2.16. The molecule has 1 aromatic rings. The first-order chi connectivity index (χ1) is 6.45. The van der Waals surface area contributed by atoms with Crippen LogP contribution < -0.4 is 5.73 Å². The molecule has 0 saturated carbocycles. The quantitative estimate of drug-likeness (QED) is 0.528. The first-order valence-corrected chi connectivity index (χ1v) is 4.09. The van der Waals surface area contributed by atoms with E-state index in [9.17, 15) is 9.50 Å². The van der Waals surface area contributed by atoms with E-state index in [1.807, 2.05) is 0 Å². The standard InChI is InChI=1S/C9H12FNO3/c1-4(11)8(13)5-2-3-6(12)9(14)7(5)10/h2-4,8,12-14H,11H2,1H3. The summed E-state index contributed by atoms with van der Waals surface area (Å²) in [6.07, 6.45) is -1.21. The minimum Gasteiger partial charge on any atom is -0.504 e. The minimum atomic E-state index is -1.21. The molecule has 0 aliphatic heterocycles. The van der Waals surface area contributed by atoms with Crippen LogP contribution in [0, 0.1) is 5.82 Å². The number of phenolic OH excluding ortho intramolecular Hbond substituents is 2. The number of hydrogen-bond acceptors (Lipinski definition) is 4. The lowest BCUT2D eigenvalue weighted by atomic mass is 10.0. The number of phenols is 2. The van der Waals surface area contributed by atoms with Crippen molar-refractivity contribution in [1.29, 1.82) is 0 Å². The van der Waals surface area contributed by atoms with Gasteiger partial charge in [0, 0.05) is 11.6 Å². The summed E-state index contributed by atoms with van der Waals surface area (Å²) in [5.41, 5.74) is 5.23. The van der Waals surface area contributed by atoms with Crippen LogP contribution in [0.4, 0.5) is 4.39 Å². The van der Waals surface area contributed by atoms with Gasteiger partial charge in [0.05, 0.1) is 6.10 Å². The number of hydrogen-bond donors (Lipinski definition) is 4. The van der Waals surface area contributed by atoms with Crippen LogP contribution in [0.1, 0.15) is 18.6 Å². The Bertz CT molecular complexity index is 341. The molecule has 5 N–H and O–H groups in total. The predicted octanol–water partition coefficient (Wildman–Crippen LogP) is 0.617. The third-order valence-corrected chi connectivity index (χ3v) is 1.94. The molecule has 0 bridgehead atoms. The van der Waals surface area contributed by atoms with Crippen LogP contribution in [0.2, 0.25) is 0 Å². The Morgan fingerprint density at radius 1 is 1.36 bits per heavy atom. The van der Waals surface area contributed by atoms with Gasteiger partial charge in [0.2, 0.25) is 0 Å². The van der Waals surface area contributed by atoms with Gasteiger partial charge in [-0.1, -0.05) is 0 Å². The molecule has 14 heavy (non-hydrogen) atoms. The first-order valence-electron chi connectivity index (χ1n) is 4.09. The molecule has 0 aliphatic rings. The fourth-order valence-electron chi connectivity index (χ4n) is 1.08. The fourth-order valence-corrected chi connectivity index (χ4v) is 1.08. The van der Waals surface area contributed by atoms with Crippen LogP contribution in [-0.2, 0) is 0 Å². The summed E-state index contributed by atoms with van der Waals surface area (Å²) in [7, 11) is 0.